The summed E-state index contributed by atoms with van der Waals surface area (Å²) >= 11 is 0. The van der Waals surface area contributed by atoms with E-state index in [4.69, 9.17) is 4.42 Å². The molecular weight excluding hydrogens is 360 g/mol. The molecule has 0 unspecified atom stereocenters. The maximum absolute atomic E-state index is 6.81. The number of benzene rings is 2. The Balaban J connectivity index is 2.38. The molecule has 2 aromatic carbocycles. The van der Waals surface area contributed by atoms with E-state index in [-0.39, 0.29) is 0 Å². The average molecular weight is 397 g/mol. The maximum Gasteiger partial charge on any atom is 0.134 e. The summed E-state index contributed by atoms with van der Waals surface area (Å²) in [4.78, 5) is 0. The van der Waals surface area contributed by atoms with Gasteiger partial charge in [0.05, 0.1) is 16.1 Å². The van der Waals surface area contributed by atoms with Gasteiger partial charge in [-0.25, -0.2) is 0 Å². The molecule has 0 amide bonds. The molecule has 0 fully saturated rings. The minimum Gasteiger partial charge on any atom is -0.456 e. The van der Waals surface area contributed by atoms with Crippen molar-refractivity contribution in [2.45, 2.75) is 77.8 Å². The zero-order chi connectivity index (χ0) is 19.7. The Morgan fingerprint density at radius 1 is 0.556 bits per heavy atom. The van der Waals surface area contributed by atoms with Crippen LogP contribution in [0.4, 0.5) is 0 Å². The summed E-state index contributed by atoms with van der Waals surface area (Å²) in [6.07, 6.45) is 0. The summed E-state index contributed by atoms with van der Waals surface area (Å²) < 4.78 is 6.81. The first kappa shape index (κ1) is 20.4. The largest absolute Gasteiger partial charge is 0.456 e. The lowest BCUT2D eigenvalue weighted by atomic mass is 10.1. The summed E-state index contributed by atoms with van der Waals surface area (Å²) in [5, 5.41) is 5.77. The monoisotopic (exact) mass is 396 g/mol. The van der Waals surface area contributed by atoms with E-state index in [2.05, 4.69) is 77.9 Å². The van der Waals surface area contributed by atoms with Crippen LogP contribution in [0.2, 0.25) is 36.3 Å². The van der Waals surface area contributed by atoms with Crippen molar-refractivity contribution in [3.63, 3.8) is 0 Å². The lowest BCUT2D eigenvalue weighted by molar-refractivity contribution is 0.673. The van der Waals surface area contributed by atoms with Crippen molar-refractivity contribution >= 4 is 48.5 Å². The first-order valence-electron chi connectivity index (χ1n) is 11.0. The summed E-state index contributed by atoms with van der Waals surface area (Å²) in [6, 6.07) is 21.6. The topological polar surface area (TPSA) is 13.1 Å². The molecule has 146 valence electrons. The average Bonchev–Trinajstić information content (AvgIpc) is 3.11. The van der Waals surface area contributed by atoms with E-state index in [0.29, 0.717) is 0 Å². The fourth-order valence-electron chi connectivity index (χ4n) is 5.30. The fraction of sp³-hybridized carbons (Fsp3) is 0.500. The maximum atomic E-state index is 6.81. The van der Waals surface area contributed by atoms with Crippen molar-refractivity contribution in [3.8, 4) is 0 Å². The van der Waals surface area contributed by atoms with E-state index in [1.54, 1.807) is 10.4 Å². The highest BCUT2D eigenvalue weighted by molar-refractivity contribution is 6.94. The van der Waals surface area contributed by atoms with Gasteiger partial charge in [0, 0.05) is 10.8 Å². The van der Waals surface area contributed by atoms with Gasteiger partial charge in [0.1, 0.15) is 11.2 Å². The normalized spacial score (nSPS) is 13.0. The summed E-state index contributed by atoms with van der Waals surface area (Å²) in [6.45, 7) is 14.3. The molecule has 0 spiro atoms. The summed E-state index contributed by atoms with van der Waals surface area (Å²) in [5.74, 6) is 0. The van der Waals surface area contributed by atoms with Crippen molar-refractivity contribution in [1.29, 1.82) is 0 Å². The number of hydrogen-bond donors (Lipinski definition) is 0. The Morgan fingerprint density at radius 2 is 0.889 bits per heavy atom. The van der Waals surface area contributed by atoms with E-state index >= 15 is 0 Å². The molecule has 1 heterocycles. The molecule has 0 saturated carbocycles. The second kappa shape index (κ2) is 7.96. The molecule has 1 nitrogen and oxygen atoms in total. The number of fused-ring (bicyclic) bond motifs is 3. The Kier molecular flexibility index (Phi) is 6.02. The van der Waals surface area contributed by atoms with Gasteiger partial charge in [0.25, 0.3) is 0 Å². The fourth-order valence-corrected chi connectivity index (χ4v) is 12.8. The van der Waals surface area contributed by atoms with Gasteiger partial charge in [-0.15, -0.1) is 0 Å². The van der Waals surface area contributed by atoms with E-state index in [1.165, 1.54) is 58.2 Å². The quantitative estimate of drug-likeness (QED) is 0.373. The van der Waals surface area contributed by atoms with Gasteiger partial charge in [0.15, 0.2) is 0 Å². The molecule has 27 heavy (non-hydrogen) atoms. The smallest absolute Gasteiger partial charge is 0.134 e. The first-order chi connectivity index (χ1) is 13.1. The van der Waals surface area contributed by atoms with Crippen LogP contribution >= 0.6 is 0 Å². The van der Waals surface area contributed by atoms with Crippen LogP contribution in [0.15, 0.2) is 40.8 Å². The van der Waals surface area contributed by atoms with Crippen LogP contribution in [-0.2, 0) is 0 Å². The molecule has 1 aromatic heterocycles. The highest BCUT2D eigenvalue weighted by Crippen LogP contribution is 2.33. The predicted octanol–water partition coefficient (Wildman–Crippen LogP) is 7.02. The van der Waals surface area contributed by atoms with E-state index in [1.807, 2.05) is 0 Å². The minimum atomic E-state index is -1.49. The number of hydrogen-bond acceptors (Lipinski definition) is 1. The second-order valence-corrected chi connectivity index (χ2v) is 18.6. The van der Waals surface area contributed by atoms with Gasteiger partial charge in [-0.3, -0.25) is 0 Å². The Hall–Kier alpha value is -1.33. The Morgan fingerprint density at radius 3 is 1.19 bits per heavy atom. The first-order valence-corrected chi connectivity index (χ1v) is 16.3. The molecular formula is C24H36OSi2. The standard InChI is InChI=1S/C24H36OSi2/c1-7-26(8-2,9-3)21-17-13-15-19-20-16-14-18-22(24(20)25-23(19)21)27(10-4,11-5)12-6/h13-18H,7-12H2,1-6H3. The van der Waals surface area contributed by atoms with Crippen LogP contribution in [0.25, 0.3) is 21.9 Å². The molecule has 0 atom stereocenters. The second-order valence-electron chi connectivity index (χ2n) is 8.15. The molecule has 0 bridgehead atoms. The predicted molar refractivity (Wildman–Crippen MR) is 127 cm³/mol. The number of para-hydroxylation sites is 2. The van der Waals surface area contributed by atoms with Gasteiger partial charge in [-0.2, -0.15) is 0 Å². The minimum absolute atomic E-state index is 1.20. The third-order valence-electron chi connectivity index (χ3n) is 7.73. The molecule has 3 rings (SSSR count). The van der Waals surface area contributed by atoms with Crippen LogP contribution in [0.1, 0.15) is 41.5 Å². The lowest BCUT2D eigenvalue weighted by Gasteiger charge is -2.29. The molecule has 0 saturated heterocycles. The zero-order valence-electron chi connectivity index (χ0n) is 18.1. The van der Waals surface area contributed by atoms with Crippen LogP contribution in [-0.4, -0.2) is 16.1 Å². The number of furan rings is 1. The Bertz CT molecular complexity index is 826. The molecule has 0 aliphatic heterocycles. The molecule has 0 radical (unpaired) electrons. The molecule has 0 aliphatic rings. The third kappa shape index (κ3) is 3.03. The van der Waals surface area contributed by atoms with Gasteiger partial charge in [-0.05, 0) is 10.4 Å². The zero-order valence-corrected chi connectivity index (χ0v) is 20.1. The van der Waals surface area contributed by atoms with Gasteiger partial charge < -0.3 is 4.42 Å². The molecule has 0 aliphatic carbocycles. The van der Waals surface area contributed by atoms with E-state index in [9.17, 15) is 0 Å². The van der Waals surface area contributed by atoms with Crippen molar-refractivity contribution in [3.05, 3.63) is 36.4 Å². The van der Waals surface area contributed by atoms with E-state index < -0.39 is 16.1 Å². The van der Waals surface area contributed by atoms with Gasteiger partial charge >= 0.3 is 0 Å². The van der Waals surface area contributed by atoms with Crippen LogP contribution in [0.5, 0.6) is 0 Å². The van der Waals surface area contributed by atoms with Gasteiger partial charge in [0.2, 0.25) is 0 Å². The Labute approximate surface area is 167 Å². The highest BCUT2D eigenvalue weighted by Gasteiger charge is 2.35. The molecule has 0 N–H and O–H groups in total. The van der Waals surface area contributed by atoms with Crippen molar-refractivity contribution < 1.29 is 4.42 Å². The van der Waals surface area contributed by atoms with Crippen LogP contribution in [0, 0.1) is 0 Å². The SMILES string of the molecule is CC[Si](CC)(CC)c1cccc2c1oc1c([Si](CC)(CC)CC)cccc12. The van der Waals surface area contributed by atoms with Crippen molar-refractivity contribution in [2.24, 2.45) is 0 Å². The van der Waals surface area contributed by atoms with Crippen LogP contribution < -0.4 is 10.4 Å². The van der Waals surface area contributed by atoms with Crippen molar-refractivity contribution in [2.75, 3.05) is 0 Å². The summed E-state index contributed by atoms with van der Waals surface area (Å²) in [5.41, 5.74) is 2.40. The van der Waals surface area contributed by atoms with Crippen LogP contribution in [0.3, 0.4) is 0 Å². The molecule has 3 aromatic rings. The lowest BCUT2D eigenvalue weighted by Crippen LogP contribution is -2.46. The van der Waals surface area contributed by atoms with E-state index in [0.717, 1.165) is 0 Å². The number of rotatable bonds is 8. The highest BCUT2D eigenvalue weighted by atomic mass is 28.3. The molecule has 3 heteroatoms. The van der Waals surface area contributed by atoms with Gasteiger partial charge in [-0.1, -0.05) is 114 Å². The van der Waals surface area contributed by atoms with Crippen molar-refractivity contribution in [1.82, 2.24) is 0 Å². The third-order valence-corrected chi connectivity index (χ3v) is 18.9. The summed E-state index contributed by atoms with van der Waals surface area (Å²) in [7, 11) is -2.98.